The van der Waals surface area contributed by atoms with E-state index in [-0.39, 0.29) is 5.91 Å². The molecule has 5 heteroatoms. The van der Waals surface area contributed by atoms with E-state index in [1.54, 1.807) is 38.1 Å². The summed E-state index contributed by atoms with van der Waals surface area (Å²) in [7, 11) is 0. The molecule has 2 rings (SSSR count). The Hall–Kier alpha value is -2.04. The molecule has 0 unspecified atom stereocenters. The van der Waals surface area contributed by atoms with Crippen molar-refractivity contribution in [2.45, 2.75) is 26.1 Å². The molecular weight excluding hydrogens is 326 g/mol. The molecule has 0 spiro atoms. The number of hydrogen-bond acceptors (Lipinski definition) is 3. The summed E-state index contributed by atoms with van der Waals surface area (Å²) in [5.74, 6) is 0.403. The molecule has 0 heterocycles. The van der Waals surface area contributed by atoms with Crippen molar-refractivity contribution >= 4 is 17.5 Å². The van der Waals surface area contributed by atoms with E-state index in [1.807, 2.05) is 30.3 Å². The van der Waals surface area contributed by atoms with Crippen molar-refractivity contribution in [1.82, 2.24) is 5.32 Å². The summed E-state index contributed by atoms with van der Waals surface area (Å²) < 4.78 is 11.3. The predicted octanol–water partition coefficient (Wildman–Crippen LogP) is 3.83. The minimum Gasteiger partial charge on any atom is -0.478 e. The number of carbonyl (C=O) groups excluding carboxylic acids is 1. The summed E-state index contributed by atoms with van der Waals surface area (Å²) in [6.07, 6.45) is 0. The highest BCUT2D eigenvalue weighted by Crippen LogP contribution is 2.20. The van der Waals surface area contributed by atoms with Crippen molar-refractivity contribution in [3.8, 4) is 5.75 Å². The van der Waals surface area contributed by atoms with Crippen LogP contribution in [0.25, 0.3) is 0 Å². The van der Waals surface area contributed by atoms with Crippen LogP contribution in [0, 0.1) is 0 Å². The summed E-state index contributed by atoms with van der Waals surface area (Å²) in [5.41, 5.74) is 0.128. The highest BCUT2D eigenvalue weighted by Gasteiger charge is 2.29. The summed E-state index contributed by atoms with van der Waals surface area (Å²) in [6, 6.07) is 16.8. The molecule has 0 aliphatic heterocycles. The van der Waals surface area contributed by atoms with E-state index in [1.165, 1.54) is 0 Å². The van der Waals surface area contributed by atoms with E-state index >= 15 is 0 Å². The van der Waals surface area contributed by atoms with Crippen LogP contribution in [0.3, 0.4) is 0 Å². The SMILES string of the molecule is CC(C)(Oc1ccc(Cl)cc1)C(=O)NCCOCc1ccccc1. The Bertz CT molecular complexity index is 641. The number of hydrogen-bond donors (Lipinski definition) is 1. The quantitative estimate of drug-likeness (QED) is 0.738. The predicted molar refractivity (Wildman–Crippen MR) is 95.3 cm³/mol. The first-order valence-electron chi connectivity index (χ1n) is 7.82. The second-order valence-electron chi connectivity index (χ2n) is 5.86. The number of nitrogens with one attached hydrogen (secondary N) is 1. The minimum absolute atomic E-state index is 0.194. The van der Waals surface area contributed by atoms with Gasteiger partial charge in [-0.15, -0.1) is 0 Å². The van der Waals surface area contributed by atoms with Gasteiger partial charge in [-0.25, -0.2) is 0 Å². The van der Waals surface area contributed by atoms with E-state index in [0.717, 1.165) is 5.56 Å². The third-order valence-corrected chi connectivity index (χ3v) is 3.63. The van der Waals surface area contributed by atoms with Gasteiger partial charge in [0.1, 0.15) is 5.75 Å². The van der Waals surface area contributed by atoms with Gasteiger partial charge in [-0.3, -0.25) is 4.79 Å². The van der Waals surface area contributed by atoms with Gasteiger partial charge in [-0.05, 0) is 43.7 Å². The molecule has 0 saturated carbocycles. The molecule has 128 valence electrons. The summed E-state index contributed by atoms with van der Waals surface area (Å²) in [5, 5.41) is 3.45. The highest BCUT2D eigenvalue weighted by atomic mass is 35.5. The molecule has 0 aliphatic rings. The smallest absolute Gasteiger partial charge is 0.263 e. The zero-order chi connectivity index (χ0) is 17.4. The summed E-state index contributed by atoms with van der Waals surface area (Å²) in [4.78, 5) is 12.3. The van der Waals surface area contributed by atoms with Crippen molar-refractivity contribution in [3.63, 3.8) is 0 Å². The number of halogens is 1. The van der Waals surface area contributed by atoms with Crippen LogP contribution in [-0.4, -0.2) is 24.7 Å². The Kier molecular flexibility index (Phi) is 6.64. The number of amides is 1. The average Bonchev–Trinajstić information content (AvgIpc) is 2.57. The molecular formula is C19H22ClNO3. The Morgan fingerprint density at radius 2 is 1.75 bits per heavy atom. The van der Waals surface area contributed by atoms with Crippen LogP contribution in [-0.2, 0) is 16.1 Å². The van der Waals surface area contributed by atoms with Gasteiger partial charge in [-0.1, -0.05) is 41.9 Å². The Balaban J connectivity index is 1.71. The van der Waals surface area contributed by atoms with Crippen LogP contribution in [0.4, 0.5) is 0 Å². The first-order chi connectivity index (χ1) is 11.5. The van der Waals surface area contributed by atoms with Crippen LogP contribution in [0.5, 0.6) is 5.75 Å². The first kappa shape index (κ1) is 18.3. The topological polar surface area (TPSA) is 47.6 Å². The lowest BCUT2D eigenvalue weighted by Gasteiger charge is -2.25. The molecule has 0 atom stereocenters. The molecule has 0 bridgehead atoms. The maximum Gasteiger partial charge on any atom is 0.263 e. The van der Waals surface area contributed by atoms with Crippen molar-refractivity contribution < 1.29 is 14.3 Å². The Labute approximate surface area is 147 Å². The van der Waals surface area contributed by atoms with E-state index in [4.69, 9.17) is 21.1 Å². The molecule has 1 amide bonds. The zero-order valence-electron chi connectivity index (χ0n) is 13.9. The fourth-order valence-electron chi connectivity index (χ4n) is 2.06. The zero-order valence-corrected chi connectivity index (χ0v) is 14.7. The van der Waals surface area contributed by atoms with E-state index in [0.29, 0.717) is 30.5 Å². The first-order valence-corrected chi connectivity index (χ1v) is 8.20. The number of ether oxygens (including phenoxy) is 2. The molecule has 0 aliphatic carbocycles. The van der Waals surface area contributed by atoms with E-state index in [9.17, 15) is 4.79 Å². The molecule has 0 fully saturated rings. The second-order valence-corrected chi connectivity index (χ2v) is 6.30. The third-order valence-electron chi connectivity index (χ3n) is 3.38. The summed E-state index contributed by atoms with van der Waals surface area (Å²) >= 11 is 5.84. The minimum atomic E-state index is -0.979. The van der Waals surface area contributed by atoms with E-state index in [2.05, 4.69) is 5.32 Å². The van der Waals surface area contributed by atoms with Crippen LogP contribution in [0.1, 0.15) is 19.4 Å². The second kappa shape index (κ2) is 8.71. The van der Waals surface area contributed by atoms with Gasteiger partial charge in [0.05, 0.1) is 13.2 Å². The standard InChI is InChI=1S/C19H22ClNO3/c1-19(2,24-17-10-8-16(20)9-11-17)18(22)21-12-13-23-14-15-6-4-3-5-7-15/h3-11H,12-14H2,1-2H3,(H,21,22). The summed E-state index contributed by atoms with van der Waals surface area (Å²) in [6.45, 7) is 4.85. The lowest BCUT2D eigenvalue weighted by atomic mass is 10.1. The molecule has 2 aromatic carbocycles. The van der Waals surface area contributed by atoms with Crippen LogP contribution in [0.15, 0.2) is 54.6 Å². The lowest BCUT2D eigenvalue weighted by molar-refractivity contribution is -0.134. The van der Waals surface area contributed by atoms with Gasteiger partial charge in [0.2, 0.25) is 0 Å². The van der Waals surface area contributed by atoms with Gasteiger partial charge >= 0.3 is 0 Å². The van der Waals surface area contributed by atoms with Crippen molar-refractivity contribution in [3.05, 3.63) is 65.2 Å². The van der Waals surface area contributed by atoms with Gasteiger partial charge in [0.15, 0.2) is 5.60 Å². The van der Waals surface area contributed by atoms with Gasteiger partial charge < -0.3 is 14.8 Å². The number of rotatable bonds is 8. The molecule has 4 nitrogen and oxygen atoms in total. The number of benzene rings is 2. The van der Waals surface area contributed by atoms with Crippen molar-refractivity contribution in [2.24, 2.45) is 0 Å². The Morgan fingerprint density at radius 1 is 1.08 bits per heavy atom. The van der Waals surface area contributed by atoms with Gasteiger partial charge in [0.25, 0.3) is 5.91 Å². The normalized spacial score (nSPS) is 11.1. The van der Waals surface area contributed by atoms with Crippen molar-refractivity contribution in [2.75, 3.05) is 13.2 Å². The monoisotopic (exact) mass is 347 g/mol. The fourth-order valence-corrected chi connectivity index (χ4v) is 2.18. The van der Waals surface area contributed by atoms with Crippen LogP contribution >= 0.6 is 11.6 Å². The van der Waals surface area contributed by atoms with Crippen molar-refractivity contribution in [1.29, 1.82) is 0 Å². The molecule has 2 aromatic rings. The van der Waals surface area contributed by atoms with E-state index < -0.39 is 5.60 Å². The number of carbonyl (C=O) groups is 1. The average molecular weight is 348 g/mol. The molecule has 0 saturated heterocycles. The largest absolute Gasteiger partial charge is 0.478 e. The van der Waals surface area contributed by atoms with Crippen LogP contribution in [0.2, 0.25) is 5.02 Å². The third kappa shape index (κ3) is 5.87. The molecule has 0 radical (unpaired) electrons. The maximum absolute atomic E-state index is 12.3. The van der Waals surface area contributed by atoms with Crippen LogP contribution < -0.4 is 10.1 Å². The van der Waals surface area contributed by atoms with Gasteiger partial charge in [-0.2, -0.15) is 0 Å². The lowest BCUT2D eigenvalue weighted by Crippen LogP contribution is -2.47. The Morgan fingerprint density at radius 3 is 2.42 bits per heavy atom. The highest BCUT2D eigenvalue weighted by molar-refractivity contribution is 6.30. The molecule has 24 heavy (non-hydrogen) atoms. The van der Waals surface area contributed by atoms with Gasteiger partial charge in [0, 0.05) is 11.6 Å². The molecule has 0 aromatic heterocycles. The molecule has 1 N–H and O–H groups in total. The maximum atomic E-state index is 12.3. The fraction of sp³-hybridized carbons (Fsp3) is 0.316.